The zero-order valence-corrected chi connectivity index (χ0v) is 19.0. The first kappa shape index (κ1) is 24.1. The van der Waals surface area contributed by atoms with Crippen LogP contribution in [0.2, 0.25) is 0 Å². The summed E-state index contributed by atoms with van der Waals surface area (Å²) in [6.07, 6.45) is -1.78. The van der Waals surface area contributed by atoms with Crippen LogP contribution in [0.5, 0.6) is 0 Å². The van der Waals surface area contributed by atoms with Gasteiger partial charge in [0.1, 0.15) is 13.2 Å². The standard InChI is InChI=1S/C23H24N2O7S/c1-16(26)33-19-13-24(22(28)31-14-17-9-5-3-6-10-17)25(20(19)21(27)30-2)23(29)32-15-18-11-7-4-8-12-18/h3-12,19-20H,13-15H2,1-2H3. The fourth-order valence-corrected chi connectivity index (χ4v) is 4.30. The minimum Gasteiger partial charge on any atom is -0.467 e. The molecule has 2 amide bonds. The van der Waals surface area contributed by atoms with Crippen LogP contribution in [0, 0.1) is 0 Å². The number of methoxy groups -OCH3 is 1. The monoisotopic (exact) mass is 472 g/mol. The summed E-state index contributed by atoms with van der Waals surface area (Å²) in [5.41, 5.74) is 1.48. The van der Waals surface area contributed by atoms with Gasteiger partial charge in [0, 0.05) is 6.92 Å². The second-order valence-electron chi connectivity index (χ2n) is 7.12. The molecule has 174 valence electrons. The summed E-state index contributed by atoms with van der Waals surface area (Å²) in [6.45, 7) is 1.13. The van der Waals surface area contributed by atoms with E-state index in [1.807, 2.05) is 12.1 Å². The Morgan fingerprint density at radius 3 is 1.88 bits per heavy atom. The highest BCUT2D eigenvalue weighted by molar-refractivity contribution is 8.14. The van der Waals surface area contributed by atoms with Crippen molar-refractivity contribution in [3.8, 4) is 0 Å². The van der Waals surface area contributed by atoms with Gasteiger partial charge in [-0.3, -0.25) is 4.79 Å². The van der Waals surface area contributed by atoms with Crippen molar-refractivity contribution in [2.45, 2.75) is 31.4 Å². The van der Waals surface area contributed by atoms with Gasteiger partial charge in [-0.05, 0) is 11.1 Å². The summed E-state index contributed by atoms with van der Waals surface area (Å²) in [5, 5.41) is 0.843. The Kier molecular flexibility index (Phi) is 8.31. The van der Waals surface area contributed by atoms with Crippen LogP contribution in [-0.4, -0.2) is 58.2 Å². The average molecular weight is 473 g/mol. The summed E-state index contributed by atoms with van der Waals surface area (Å²) in [7, 11) is 1.17. The van der Waals surface area contributed by atoms with Gasteiger partial charge in [0.2, 0.25) is 0 Å². The van der Waals surface area contributed by atoms with Crippen LogP contribution in [-0.2, 0) is 37.0 Å². The Morgan fingerprint density at radius 2 is 1.39 bits per heavy atom. The molecule has 3 rings (SSSR count). The van der Waals surface area contributed by atoms with Gasteiger partial charge in [-0.1, -0.05) is 72.4 Å². The SMILES string of the molecule is COC(=O)C1C(SC(C)=O)CN(C(=O)OCc2ccccc2)N1C(=O)OCc1ccccc1. The van der Waals surface area contributed by atoms with E-state index in [2.05, 4.69) is 0 Å². The molecule has 1 aliphatic rings. The lowest BCUT2D eigenvalue weighted by Crippen LogP contribution is -2.52. The van der Waals surface area contributed by atoms with Crippen molar-refractivity contribution in [3.63, 3.8) is 0 Å². The first-order chi connectivity index (χ1) is 15.9. The van der Waals surface area contributed by atoms with Crippen molar-refractivity contribution in [2.75, 3.05) is 13.7 Å². The predicted octanol–water partition coefficient (Wildman–Crippen LogP) is 3.38. The number of rotatable bonds is 6. The minimum atomic E-state index is -1.24. The molecule has 2 unspecified atom stereocenters. The molecule has 1 saturated heterocycles. The van der Waals surface area contributed by atoms with Crippen molar-refractivity contribution in [1.29, 1.82) is 0 Å². The number of ether oxygens (including phenoxy) is 3. The first-order valence-corrected chi connectivity index (χ1v) is 11.0. The van der Waals surface area contributed by atoms with Gasteiger partial charge in [-0.2, -0.15) is 5.01 Å². The van der Waals surface area contributed by atoms with Crippen LogP contribution in [0.15, 0.2) is 60.7 Å². The van der Waals surface area contributed by atoms with E-state index in [1.54, 1.807) is 48.5 Å². The topological polar surface area (TPSA) is 102 Å². The van der Waals surface area contributed by atoms with Gasteiger partial charge in [0.15, 0.2) is 11.2 Å². The van der Waals surface area contributed by atoms with Gasteiger partial charge in [-0.15, -0.1) is 0 Å². The van der Waals surface area contributed by atoms with E-state index in [4.69, 9.17) is 14.2 Å². The molecule has 0 aliphatic carbocycles. The second kappa shape index (κ2) is 11.4. The Balaban J connectivity index is 1.81. The zero-order valence-electron chi connectivity index (χ0n) is 18.2. The molecule has 0 radical (unpaired) electrons. The number of benzene rings is 2. The van der Waals surface area contributed by atoms with E-state index in [0.717, 1.165) is 32.9 Å². The van der Waals surface area contributed by atoms with Gasteiger partial charge in [-0.25, -0.2) is 19.4 Å². The smallest absolute Gasteiger partial charge is 0.430 e. The second-order valence-corrected chi connectivity index (χ2v) is 8.54. The van der Waals surface area contributed by atoms with Crippen molar-refractivity contribution >= 4 is 35.0 Å². The highest BCUT2D eigenvalue weighted by Crippen LogP contribution is 2.31. The number of amides is 2. The number of carbonyl (C=O) groups excluding carboxylic acids is 4. The van der Waals surface area contributed by atoms with E-state index < -0.39 is 29.4 Å². The molecule has 1 aliphatic heterocycles. The van der Waals surface area contributed by atoms with Gasteiger partial charge < -0.3 is 14.2 Å². The molecule has 9 nitrogen and oxygen atoms in total. The maximum atomic E-state index is 13.0. The lowest BCUT2D eigenvalue weighted by molar-refractivity contribution is -0.148. The van der Waals surface area contributed by atoms with Gasteiger partial charge in [0.05, 0.1) is 18.9 Å². The van der Waals surface area contributed by atoms with Crippen LogP contribution >= 0.6 is 11.8 Å². The van der Waals surface area contributed by atoms with Crippen molar-refractivity contribution < 1.29 is 33.4 Å². The average Bonchev–Trinajstić information content (AvgIpc) is 3.20. The maximum Gasteiger partial charge on any atom is 0.430 e. The van der Waals surface area contributed by atoms with Crippen LogP contribution < -0.4 is 0 Å². The molecule has 2 atom stereocenters. The molecule has 0 N–H and O–H groups in total. The van der Waals surface area contributed by atoms with Crippen LogP contribution in [0.1, 0.15) is 18.1 Å². The van der Waals surface area contributed by atoms with Crippen LogP contribution in [0.3, 0.4) is 0 Å². The highest BCUT2D eigenvalue weighted by Gasteiger charge is 2.52. The molecule has 0 spiro atoms. The summed E-state index contributed by atoms with van der Waals surface area (Å²) < 4.78 is 15.6. The highest BCUT2D eigenvalue weighted by atomic mass is 32.2. The van der Waals surface area contributed by atoms with E-state index in [1.165, 1.54) is 14.0 Å². The quantitative estimate of drug-likeness (QED) is 0.466. The molecular weight excluding hydrogens is 448 g/mol. The van der Waals surface area contributed by atoms with Gasteiger partial charge >= 0.3 is 18.2 Å². The van der Waals surface area contributed by atoms with Crippen molar-refractivity contribution in [2.24, 2.45) is 0 Å². The Morgan fingerprint density at radius 1 is 0.879 bits per heavy atom. The third kappa shape index (κ3) is 6.26. The number of hydrogen-bond acceptors (Lipinski definition) is 8. The lowest BCUT2D eigenvalue weighted by Gasteiger charge is -2.29. The lowest BCUT2D eigenvalue weighted by atomic mass is 10.2. The normalized spacial score (nSPS) is 17.4. The van der Waals surface area contributed by atoms with Crippen molar-refractivity contribution in [1.82, 2.24) is 10.0 Å². The zero-order chi connectivity index (χ0) is 23.8. The van der Waals surface area contributed by atoms with Crippen LogP contribution in [0.4, 0.5) is 9.59 Å². The number of nitrogens with zero attached hydrogens (tertiary/aromatic N) is 2. The van der Waals surface area contributed by atoms with E-state index in [0.29, 0.717) is 0 Å². The van der Waals surface area contributed by atoms with Crippen molar-refractivity contribution in [3.05, 3.63) is 71.8 Å². The largest absolute Gasteiger partial charge is 0.467 e. The molecule has 0 aromatic heterocycles. The summed E-state index contributed by atoms with van der Waals surface area (Å²) in [5.74, 6) is -0.774. The number of esters is 1. The number of thioether (sulfide) groups is 1. The molecule has 1 heterocycles. The Hall–Kier alpha value is -3.53. The van der Waals surface area contributed by atoms with E-state index >= 15 is 0 Å². The van der Waals surface area contributed by atoms with Gasteiger partial charge in [0.25, 0.3) is 0 Å². The fraction of sp³-hybridized carbons (Fsp3) is 0.304. The Bertz CT molecular complexity index is 987. The number of carbonyl (C=O) groups is 4. The molecule has 10 heteroatoms. The molecule has 2 aromatic rings. The molecule has 0 bridgehead atoms. The molecule has 33 heavy (non-hydrogen) atoms. The number of hydrazine groups is 1. The molecular formula is C23H24N2O7S. The number of hydrogen-bond donors (Lipinski definition) is 0. The van der Waals surface area contributed by atoms with E-state index in [-0.39, 0.29) is 24.9 Å². The van der Waals surface area contributed by atoms with Crippen LogP contribution in [0.25, 0.3) is 0 Å². The summed E-state index contributed by atoms with van der Waals surface area (Å²) in [6, 6.07) is 16.7. The van der Waals surface area contributed by atoms with E-state index in [9.17, 15) is 19.2 Å². The first-order valence-electron chi connectivity index (χ1n) is 10.1. The summed E-state index contributed by atoms with van der Waals surface area (Å²) in [4.78, 5) is 50.3. The predicted molar refractivity (Wildman–Crippen MR) is 120 cm³/mol. The minimum absolute atomic E-state index is 0.0313. The summed E-state index contributed by atoms with van der Waals surface area (Å²) >= 11 is 0.846. The third-order valence-electron chi connectivity index (χ3n) is 4.80. The molecule has 1 fully saturated rings. The maximum absolute atomic E-state index is 13.0. The Labute approximate surface area is 195 Å². The molecule has 0 saturated carbocycles. The fourth-order valence-electron chi connectivity index (χ4n) is 3.31. The third-order valence-corrected chi connectivity index (χ3v) is 5.84. The molecule has 2 aromatic carbocycles.